The quantitative estimate of drug-likeness (QED) is 0.845. The zero-order chi connectivity index (χ0) is 9.97. The maximum atomic E-state index is 3.51. The molecule has 1 aliphatic rings. The van der Waals surface area contributed by atoms with Gasteiger partial charge in [-0.15, -0.1) is 0 Å². The van der Waals surface area contributed by atoms with E-state index < -0.39 is 0 Å². The highest BCUT2D eigenvalue weighted by Gasteiger charge is 2.16. The molecule has 1 N–H and O–H groups in total. The smallest absolute Gasteiger partial charge is 0.0384 e. The van der Waals surface area contributed by atoms with Crippen molar-refractivity contribution in [2.24, 2.45) is 5.92 Å². The van der Waals surface area contributed by atoms with E-state index >= 15 is 0 Å². The van der Waals surface area contributed by atoms with Crippen LogP contribution in [0, 0.1) is 5.92 Å². The van der Waals surface area contributed by atoms with Crippen molar-refractivity contribution < 1.29 is 0 Å². The Bertz CT molecular complexity index is 322. The van der Waals surface area contributed by atoms with Crippen LogP contribution in [0.2, 0.25) is 0 Å². The highest BCUT2D eigenvalue weighted by Crippen LogP contribution is 2.29. The lowest BCUT2D eigenvalue weighted by Crippen LogP contribution is -2.22. The number of nitrogens with one attached hydrogen (secondary N) is 1. The van der Waals surface area contributed by atoms with Gasteiger partial charge < -0.3 is 5.32 Å². The van der Waals surface area contributed by atoms with Crippen LogP contribution >= 0.6 is 15.9 Å². The Hall–Kier alpha value is -0.500. The predicted molar refractivity (Wildman–Crippen MR) is 64.7 cm³/mol. The van der Waals surface area contributed by atoms with Gasteiger partial charge in [-0.2, -0.15) is 0 Å². The van der Waals surface area contributed by atoms with Gasteiger partial charge in [0, 0.05) is 16.7 Å². The molecule has 76 valence electrons. The lowest BCUT2D eigenvalue weighted by Gasteiger charge is -2.26. The summed E-state index contributed by atoms with van der Waals surface area (Å²) in [5.41, 5.74) is 2.78. The fourth-order valence-electron chi connectivity index (χ4n) is 2.14. The maximum absolute atomic E-state index is 3.51. The Labute approximate surface area is 94.0 Å². The first-order valence-corrected chi connectivity index (χ1v) is 6.11. The first-order chi connectivity index (χ1) is 6.79. The average molecular weight is 254 g/mol. The van der Waals surface area contributed by atoms with Crippen LogP contribution in [0.15, 0.2) is 22.7 Å². The zero-order valence-electron chi connectivity index (χ0n) is 8.52. The molecule has 0 spiro atoms. The Balaban J connectivity index is 2.15. The predicted octanol–water partition coefficient (Wildman–Crippen LogP) is 3.83. The molecule has 2 heteroatoms. The molecule has 0 fully saturated rings. The van der Waals surface area contributed by atoms with E-state index in [1.165, 1.54) is 30.5 Å². The molecule has 0 aliphatic carbocycles. The molecule has 0 bridgehead atoms. The molecule has 1 aromatic rings. The summed E-state index contributed by atoms with van der Waals surface area (Å²) in [7, 11) is 0. The summed E-state index contributed by atoms with van der Waals surface area (Å²) >= 11 is 3.50. The molecular formula is C12H16BrN. The minimum absolute atomic E-state index is 0.827. The molecule has 0 saturated carbocycles. The summed E-state index contributed by atoms with van der Waals surface area (Å²) in [6.45, 7) is 3.40. The highest BCUT2D eigenvalue weighted by molar-refractivity contribution is 9.10. The molecule has 0 saturated heterocycles. The number of halogens is 1. The monoisotopic (exact) mass is 253 g/mol. The molecule has 0 aromatic heterocycles. The van der Waals surface area contributed by atoms with Gasteiger partial charge in [0.05, 0.1) is 0 Å². The summed E-state index contributed by atoms with van der Waals surface area (Å²) in [5.74, 6) is 0.827. The Kier molecular flexibility index (Phi) is 3.12. The second-order valence-electron chi connectivity index (χ2n) is 4.04. The van der Waals surface area contributed by atoms with Crippen LogP contribution in [0.5, 0.6) is 0 Å². The molecular weight excluding hydrogens is 238 g/mol. The molecule has 1 atom stereocenters. The minimum Gasteiger partial charge on any atom is -0.385 e. The van der Waals surface area contributed by atoms with Gasteiger partial charge in [0.25, 0.3) is 0 Å². The van der Waals surface area contributed by atoms with Gasteiger partial charge in [-0.05, 0) is 36.5 Å². The van der Waals surface area contributed by atoms with E-state index in [0.717, 1.165) is 16.9 Å². The molecule has 2 rings (SSSR count). The molecule has 0 radical (unpaired) electrons. The topological polar surface area (TPSA) is 12.0 Å². The number of hydrogen-bond donors (Lipinski definition) is 1. The summed E-state index contributed by atoms with van der Waals surface area (Å²) < 4.78 is 1.16. The van der Waals surface area contributed by atoms with E-state index in [2.05, 4.69) is 46.4 Å². The first-order valence-electron chi connectivity index (χ1n) is 5.32. The fraction of sp³-hybridized carbons (Fsp3) is 0.500. The van der Waals surface area contributed by atoms with Crippen LogP contribution in [0.25, 0.3) is 0 Å². The van der Waals surface area contributed by atoms with E-state index in [1.807, 2.05) is 0 Å². The number of benzene rings is 1. The van der Waals surface area contributed by atoms with Crippen molar-refractivity contribution in [1.82, 2.24) is 0 Å². The van der Waals surface area contributed by atoms with Gasteiger partial charge in [0.1, 0.15) is 0 Å². The van der Waals surface area contributed by atoms with Gasteiger partial charge in [-0.1, -0.05) is 35.3 Å². The van der Waals surface area contributed by atoms with Gasteiger partial charge in [0.2, 0.25) is 0 Å². The second-order valence-corrected chi connectivity index (χ2v) is 4.96. The van der Waals surface area contributed by atoms with E-state index in [-0.39, 0.29) is 0 Å². The van der Waals surface area contributed by atoms with E-state index in [0.29, 0.717) is 0 Å². The number of anilines is 1. The number of hydrogen-bond acceptors (Lipinski definition) is 1. The fourth-order valence-corrected chi connectivity index (χ4v) is 2.50. The summed E-state index contributed by atoms with van der Waals surface area (Å²) in [4.78, 5) is 0. The van der Waals surface area contributed by atoms with Gasteiger partial charge in [0.15, 0.2) is 0 Å². The molecule has 1 aliphatic heterocycles. The van der Waals surface area contributed by atoms with Crippen LogP contribution in [0.1, 0.15) is 25.3 Å². The van der Waals surface area contributed by atoms with Gasteiger partial charge in [-0.3, -0.25) is 0 Å². The molecule has 1 heterocycles. The van der Waals surface area contributed by atoms with E-state index in [1.54, 1.807) is 0 Å². The standard InChI is InChI=1S/C12H16BrN/c1-2-3-9-6-10-4-5-11(13)7-12(10)14-8-9/h4-5,7,9,14H,2-3,6,8H2,1H3. The van der Waals surface area contributed by atoms with Crippen LogP contribution in [0.4, 0.5) is 5.69 Å². The third kappa shape index (κ3) is 2.11. The zero-order valence-corrected chi connectivity index (χ0v) is 10.1. The SMILES string of the molecule is CCCC1CNc2cc(Br)ccc2C1. The van der Waals surface area contributed by atoms with Crippen LogP contribution in [-0.2, 0) is 6.42 Å². The van der Waals surface area contributed by atoms with Crippen molar-refractivity contribution in [3.63, 3.8) is 0 Å². The van der Waals surface area contributed by atoms with Crippen molar-refractivity contribution in [3.05, 3.63) is 28.2 Å². The van der Waals surface area contributed by atoms with Crippen molar-refractivity contribution in [1.29, 1.82) is 0 Å². The van der Waals surface area contributed by atoms with Crippen molar-refractivity contribution in [3.8, 4) is 0 Å². The highest BCUT2D eigenvalue weighted by atomic mass is 79.9. The summed E-state index contributed by atoms with van der Waals surface area (Å²) in [6, 6.07) is 6.54. The molecule has 0 amide bonds. The average Bonchev–Trinajstić information content (AvgIpc) is 2.19. The molecule has 1 unspecified atom stereocenters. The van der Waals surface area contributed by atoms with E-state index in [4.69, 9.17) is 0 Å². The lowest BCUT2D eigenvalue weighted by atomic mass is 9.91. The maximum Gasteiger partial charge on any atom is 0.0384 e. The van der Waals surface area contributed by atoms with Gasteiger partial charge in [-0.25, -0.2) is 0 Å². The van der Waals surface area contributed by atoms with Crippen molar-refractivity contribution in [2.75, 3.05) is 11.9 Å². The Morgan fingerprint density at radius 1 is 1.50 bits per heavy atom. The van der Waals surface area contributed by atoms with Crippen LogP contribution < -0.4 is 5.32 Å². The number of rotatable bonds is 2. The minimum atomic E-state index is 0.827. The largest absolute Gasteiger partial charge is 0.385 e. The lowest BCUT2D eigenvalue weighted by molar-refractivity contribution is 0.489. The Morgan fingerprint density at radius 2 is 2.36 bits per heavy atom. The number of fused-ring (bicyclic) bond motifs is 1. The molecule has 1 aromatic carbocycles. The Morgan fingerprint density at radius 3 is 3.14 bits per heavy atom. The molecule has 14 heavy (non-hydrogen) atoms. The van der Waals surface area contributed by atoms with Crippen molar-refractivity contribution in [2.45, 2.75) is 26.2 Å². The normalized spacial score (nSPS) is 20.0. The van der Waals surface area contributed by atoms with Crippen LogP contribution in [-0.4, -0.2) is 6.54 Å². The molecule has 1 nitrogen and oxygen atoms in total. The second kappa shape index (κ2) is 4.35. The third-order valence-corrected chi connectivity index (χ3v) is 3.35. The summed E-state index contributed by atoms with van der Waals surface area (Å²) in [5, 5.41) is 3.51. The summed E-state index contributed by atoms with van der Waals surface area (Å²) in [6.07, 6.45) is 3.87. The van der Waals surface area contributed by atoms with Gasteiger partial charge >= 0.3 is 0 Å². The van der Waals surface area contributed by atoms with Crippen molar-refractivity contribution >= 4 is 21.6 Å². The third-order valence-electron chi connectivity index (χ3n) is 2.86. The van der Waals surface area contributed by atoms with E-state index in [9.17, 15) is 0 Å². The van der Waals surface area contributed by atoms with Crippen LogP contribution in [0.3, 0.4) is 0 Å². The first kappa shape index (κ1) is 10.0.